The first-order chi connectivity index (χ1) is 12.9. The molecule has 1 amide bonds. The number of carbonyl (C=O) groups excluding carboxylic acids is 1. The zero-order valence-corrected chi connectivity index (χ0v) is 17.9. The fourth-order valence-corrected chi connectivity index (χ4v) is 3.97. The van der Waals surface area contributed by atoms with Gasteiger partial charge in [-0.1, -0.05) is 6.07 Å². The predicted molar refractivity (Wildman–Crippen MR) is 114 cm³/mol. The monoisotopic (exact) mass is 489 g/mol. The maximum absolute atomic E-state index is 12.4. The number of benzene rings is 2. The van der Waals surface area contributed by atoms with Gasteiger partial charge in [0.25, 0.3) is 5.91 Å². The first-order valence-corrected chi connectivity index (χ1v) is 9.72. The van der Waals surface area contributed by atoms with Crippen LogP contribution in [0.25, 0.3) is 5.69 Å². The van der Waals surface area contributed by atoms with Crippen LogP contribution in [0.15, 0.2) is 62.6 Å². The van der Waals surface area contributed by atoms with Gasteiger partial charge in [-0.05, 0) is 93.7 Å². The number of aromatic hydroxyl groups is 1. The van der Waals surface area contributed by atoms with Crippen LogP contribution in [-0.2, 0) is 0 Å². The molecule has 0 bridgehead atoms. The average Bonchev–Trinajstić information content (AvgIpc) is 2.98. The molecule has 3 aromatic rings. The van der Waals surface area contributed by atoms with Crippen molar-refractivity contribution in [1.82, 2.24) is 9.99 Å². The average molecular weight is 491 g/mol. The minimum Gasteiger partial charge on any atom is -0.506 e. The number of nitrogens with one attached hydrogen (secondary N) is 1. The molecule has 27 heavy (non-hydrogen) atoms. The molecule has 0 spiro atoms. The Balaban J connectivity index is 1.76. The summed E-state index contributed by atoms with van der Waals surface area (Å²) in [6.07, 6.45) is 1.51. The molecule has 0 atom stereocenters. The predicted octanol–water partition coefficient (Wildman–Crippen LogP) is 5.09. The van der Waals surface area contributed by atoms with Crippen LogP contribution < -0.4 is 5.43 Å². The molecule has 5 nitrogen and oxygen atoms in total. The molecule has 0 saturated carbocycles. The third-order valence-electron chi connectivity index (χ3n) is 4.06. The Hall–Kier alpha value is -2.38. The van der Waals surface area contributed by atoms with Crippen molar-refractivity contribution < 1.29 is 9.90 Å². The maximum atomic E-state index is 12.4. The van der Waals surface area contributed by atoms with Crippen LogP contribution >= 0.6 is 31.9 Å². The lowest BCUT2D eigenvalue weighted by Crippen LogP contribution is -2.18. The SMILES string of the molecule is Cc1ccc(C)n1-c1cccc(C(=O)N/N=C/c2cc(Br)c(O)c(Br)c2)c1. The van der Waals surface area contributed by atoms with E-state index >= 15 is 0 Å². The number of rotatable bonds is 4. The number of aromatic nitrogens is 1. The highest BCUT2D eigenvalue weighted by molar-refractivity contribution is 9.11. The van der Waals surface area contributed by atoms with Crippen molar-refractivity contribution in [3.8, 4) is 11.4 Å². The van der Waals surface area contributed by atoms with Gasteiger partial charge in [0.2, 0.25) is 0 Å². The van der Waals surface area contributed by atoms with Crippen LogP contribution in [0.2, 0.25) is 0 Å². The van der Waals surface area contributed by atoms with Crippen molar-refractivity contribution in [2.75, 3.05) is 0 Å². The lowest BCUT2D eigenvalue weighted by molar-refractivity contribution is 0.0955. The van der Waals surface area contributed by atoms with Gasteiger partial charge in [-0.25, -0.2) is 5.43 Å². The highest BCUT2D eigenvalue weighted by Gasteiger charge is 2.09. The summed E-state index contributed by atoms with van der Waals surface area (Å²) in [7, 11) is 0. The first kappa shape index (κ1) is 19.4. The number of phenolic OH excluding ortho intramolecular Hbond substituents is 1. The van der Waals surface area contributed by atoms with E-state index in [4.69, 9.17) is 0 Å². The Bertz CT molecular complexity index is 999. The van der Waals surface area contributed by atoms with Gasteiger partial charge in [0.1, 0.15) is 5.75 Å². The van der Waals surface area contributed by atoms with E-state index in [1.54, 1.807) is 18.2 Å². The molecule has 138 valence electrons. The number of aryl methyl sites for hydroxylation is 2. The van der Waals surface area contributed by atoms with Crippen LogP contribution in [0.1, 0.15) is 27.3 Å². The topological polar surface area (TPSA) is 66.6 Å². The zero-order chi connectivity index (χ0) is 19.6. The minimum absolute atomic E-state index is 0.114. The molecule has 0 aliphatic carbocycles. The summed E-state index contributed by atoms with van der Waals surface area (Å²) >= 11 is 6.52. The summed E-state index contributed by atoms with van der Waals surface area (Å²) in [5, 5.41) is 13.7. The number of hydrogen-bond acceptors (Lipinski definition) is 3. The molecular formula is C20H17Br2N3O2. The second-order valence-electron chi connectivity index (χ2n) is 6.03. The van der Waals surface area contributed by atoms with Crippen LogP contribution in [0.5, 0.6) is 5.75 Å². The summed E-state index contributed by atoms with van der Waals surface area (Å²) in [6, 6.07) is 14.9. The molecule has 0 saturated heterocycles. The molecule has 0 fully saturated rings. The molecular weight excluding hydrogens is 474 g/mol. The Kier molecular flexibility index (Phi) is 5.82. The largest absolute Gasteiger partial charge is 0.506 e. The number of amides is 1. The van der Waals surface area contributed by atoms with Gasteiger partial charge in [0, 0.05) is 22.6 Å². The Morgan fingerprint density at radius 3 is 2.33 bits per heavy atom. The molecule has 2 aromatic carbocycles. The highest BCUT2D eigenvalue weighted by Crippen LogP contribution is 2.32. The van der Waals surface area contributed by atoms with Crippen molar-refractivity contribution in [1.29, 1.82) is 0 Å². The summed E-state index contributed by atoms with van der Waals surface area (Å²) in [5.41, 5.74) is 6.91. The van der Waals surface area contributed by atoms with Crippen molar-refractivity contribution in [3.63, 3.8) is 0 Å². The molecule has 1 heterocycles. The first-order valence-electron chi connectivity index (χ1n) is 8.13. The lowest BCUT2D eigenvalue weighted by Gasteiger charge is -2.10. The normalized spacial score (nSPS) is 11.1. The van der Waals surface area contributed by atoms with Crippen molar-refractivity contribution >= 4 is 44.0 Å². The fraction of sp³-hybridized carbons (Fsp3) is 0.100. The third kappa shape index (κ3) is 4.31. The van der Waals surface area contributed by atoms with E-state index in [0.717, 1.165) is 22.6 Å². The molecule has 2 N–H and O–H groups in total. The Labute approximate surface area is 174 Å². The van der Waals surface area contributed by atoms with Gasteiger partial charge in [-0.3, -0.25) is 4.79 Å². The number of hydrazone groups is 1. The van der Waals surface area contributed by atoms with Gasteiger partial charge < -0.3 is 9.67 Å². The van der Waals surface area contributed by atoms with Crippen molar-refractivity contribution in [2.24, 2.45) is 5.10 Å². The Morgan fingerprint density at radius 2 is 1.70 bits per heavy atom. The van der Waals surface area contributed by atoms with Gasteiger partial charge in [0.15, 0.2) is 0 Å². The molecule has 0 radical (unpaired) electrons. The molecule has 1 aromatic heterocycles. The zero-order valence-electron chi connectivity index (χ0n) is 14.7. The number of halogens is 2. The second-order valence-corrected chi connectivity index (χ2v) is 7.74. The van der Waals surface area contributed by atoms with E-state index in [2.05, 4.69) is 47.0 Å². The maximum Gasteiger partial charge on any atom is 0.271 e. The van der Waals surface area contributed by atoms with E-state index in [0.29, 0.717) is 14.5 Å². The molecule has 3 rings (SSSR count). The van der Waals surface area contributed by atoms with E-state index in [-0.39, 0.29) is 11.7 Å². The van der Waals surface area contributed by atoms with Gasteiger partial charge in [-0.15, -0.1) is 0 Å². The summed E-state index contributed by atoms with van der Waals surface area (Å²) in [5.74, 6) is -0.184. The molecule has 0 aliphatic rings. The molecule has 0 unspecified atom stereocenters. The van der Waals surface area contributed by atoms with Gasteiger partial charge in [0.05, 0.1) is 15.2 Å². The lowest BCUT2D eigenvalue weighted by atomic mass is 10.2. The third-order valence-corrected chi connectivity index (χ3v) is 5.27. The highest BCUT2D eigenvalue weighted by atomic mass is 79.9. The van der Waals surface area contributed by atoms with E-state index in [1.807, 2.05) is 44.2 Å². The summed E-state index contributed by atoms with van der Waals surface area (Å²) < 4.78 is 3.16. The van der Waals surface area contributed by atoms with Crippen LogP contribution in [-0.4, -0.2) is 21.8 Å². The van der Waals surface area contributed by atoms with Crippen molar-refractivity contribution in [3.05, 3.63) is 80.0 Å². The minimum atomic E-state index is -0.299. The van der Waals surface area contributed by atoms with Crippen molar-refractivity contribution in [2.45, 2.75) is 13.8 Å². The van der Waals surface area contributed by atoms with Crippen LogP contribution in [0, 0.1) is 13.8 Å². The number of carbonyl (C=O) groups is 1. The number of hydrogen-bond donors (Lipinski definition) is 2. The van der Waals surface area contributed by atoms with E-state index in [9.17, 15) is 9.90 Å². The van der Waals surface area contributed by atoms with Gasteiger partial charge >= 0.3 is 0 Å². The van der Waals surface area contributed by atoms with Gasteiger partial charge in [-0.2, -0.15) is 5.10 Å². The molecule has 7 heteroatoms. The molecule has 0 aliphatic heterocycles. The van der Waals surface area contributed by atoms with Crippen LogP contribution in [0.3, 0.4) is 0 Å². The smallest absolute Gasteiger partial charge is 0.271 e. The van der Waals surface area contributed by atoms with E-state index in [1.165, 1.54) is 6.21 Å². The standard InChI is InChI=1S/C20H17Br2N3O2/c1-12-6-7-13(2)25(12)16-5-3-4-15(10-16)20(27)24-23-11-14-8-17(21)19(26)18(22)9-14/h3-11,26H,1-2H3,(H,24,27)/b23-11+. The quantitative estimate of drug-likeness (QED) is 0.395. The second kappa shape index (κ2) is 8.10. The Morgan fingerprint density at radius 1 is 1.07 bits per heavy atom. The fourth-order valence-electron chi connectivity index (χ4n) is 2.75. The number of nitrogens with zero attached hydrogens (tertiary/aromatic N) is 2. The summed E-state index contributed by atoms with van der Waals surface area (Å²) in [6.45, 7) is 4.05. The number of phenols is 1. The van der Waals surface area contributed by atoms with E-state index < -0.39 is 0 Å². The van der Waals surface area contributed by atoms with Crippen LogP contribution in [0.4, 0.5) is 0 Å². The summed E-state index contributed by atoms with van der Waals surface area (Å²) in [4.78, 5) is 12.4.